The minimum absolute atomic E-state index is 0.149. The van der Waals surface area contributed by atoms with Crippen LogP contribution in [-0.2, 0) is 9.59 Å². The number of amides is 4. The summed E-state index contributed by atoms with van der Waals surface area (Å²) in [6.07, 6.45) is 1.11. The molecule has 0 unspecified atom stereocenters. The highest BCUT2D eigenvalue weighted by Crippen LogP contribution is 2.22. The first-order valence-electron chi connectivity index (χ1n) is 7.12. The number of hydrogen-bond acceptors (Lipinski definition) is 3. The molecule has 0 aromatic carbocycles. The summed E-state index contributed by atoms with van der Waals surface area (Å²) in [6.45, 7) is 8.77. The lowest BCUT2D eigenvalue weighted by molar-refractivity contribution is -0.140. The van der Waals surface area contributed by atoms with Gasteiger partial charge in [-0.1, -0.05) is 13.8 Å². The van der Waals surface area contributed by atoms with Crippen molar-refractivity contribution in [1.82, 2.24) is 15.1 Å². The first kappa shape index (κ1) is 14.8. The van der Waals surface area contributed by atoms with Crippen LogP contribution in [0.3, 0.4) is 0 Å². The van der Waals surface area contributed by atoms with E-state index in [1.165, 1.54) is 0 Å². The molecule has 2 atom stereocenters. The second kappa shape index (κ2) is 5.07. The lowest BCUT2D eigenvalue weighted by atomic mass is 9.92. The van der Waals surface area contributed by atoms with Gasteiger partial charge in [0.1, 0.15) is 12.1 Å². The number of rotatable bonds is 2. The Hall–Kier alpha value is -1.59. The summed E-state index contributed by atoms with van der Waals surface area (Å²) in [7, 11) is 0. The van der Waals surface area contributed by atoms with Crippen LogP contribution in [0.4, 0.5) is 4.79 Å². The fraction of sp³-hybridized carbons (Fsp3) is 0.786. The maximum Gasteiger partial charge on any atom is 0.325 e. The summed E-state index contributed by atoms with van der Waals surface area (Å²) in [5, 5.41) is 2.59. The van der Waals surface area contributed by atoms with E-state index in [0.29, 0.717) is 24.9 Å². The smallest absolute Gasteiger partial charge is 0.325 e. The summed E-state index contributed by atoms with van der Waals surface area (Å²) in [4.78, 5) is 38.9. The zero-order valence-corrected chi connectivity index (χ0v) is 12.6. The second-order valence-corrected chi connectivity index (χ2v) is 6.69. The van der Waals surface area contributed by atoms with Gasteiger partial charge in [-0.15, -0.1) is 0 Å². The molecule has 2 heterocycles. The molecule has 2 fully saturated rings. The summed E-state index contributed by atoms with van der Waals surface area (Å²) >= 11 is 0. The Bertz CT molecular complexity index is 437. The Kier molecular flexibility index (Phi) is 3.75. The van der Waals surface area contributed by atoms with Gasteiger partial charge in [0.15, 0.2) is 0 Å². The minimum atomic E-state index is -0.917. The van der Waals surface area contributed by atoms with Crippen molar-refractivity contribution in [1.29, 1.82) is 0 Å². The molecule has 0 aromatic heterocycles. The van der Waals surface area contributed by atoms with Crippen molar-refractivity contribution in [2.75, 3.05) is 19.6 Å². The molecule has 20 heavy (non-hydrogen) atoms. The zero-order chi connectivity index (χ0) is 15.1. The first-order chi connectivity index (χ1) is 9.20. The average molecular weight is 281 g/mol. The summed E-state index contributed by atoms with van der Waals surface area (Å²) in [5.41, 5.74) is -0.917. The van der Waals surface area contributed by atoms with Crippen molar-refractivity contribution in [3.63, 3.8) is 0 Å². The maximum atomic E-state index is 12.3. The molecule has 2 aliphatic heterocycles. The average Bonchev–Trinajstić information content (AvgIpc) is 2.50. The molecule has 2 rings (SSSR count). The molecule has 0 bridgehead atoms. The third kappa shape index (κ3) is 2.78. The molecule has 0 spiro atoms. The third-order valence-electron chi connectivity index (χ3n) is 3.96. The van der Waals surface area contributed by atoms with E-state index < -0.39 is 11.6 Å². The fourth-order valence-electron chi connectivity index (χ4n) is 3.06. The predicted molar refractivity (Wildman–Crippen MR) is 73.8 cm³/mol. The van der Waals surface area contributed by atoms with Gasteiger partial charge in [-0.25, -0.2) is 4.79 Å². The molecule has 0 aromatic rings. The Morgan fingerprint density at radius 1 is 1.25 bits per heavy atom. The Morgan fingerprint density at radius 3 is 2.25 bits per heavy atom. The van der Waals surface area contributed by atoms with Crippen LogP contribution >= 0.6 is 0 Å². The van der Waals surface area contributed by atoms with Crippen LogP contribution in [0.1, 0.15) is 34.1 Å². The third-order valence-corrected chi connectivity index (χ3v) is 3.96. The van der Waals surface area contributed by atoms with E-state index in [0.717, 1.165) is 11.3 Å². The number of urea groups is 1. The first-order valence-corrected chi connectivity index (χ1v) is 7.12. The molecule has 0 saturated carbocycles. The lowest BCUT2D eigenvalue weighted by Crippen LogP contribution is -2.48. The van der Waals surface area contributed by atoms with Gasteiger partial charge in [0, 0.05) is 13.1 Å². The largest absolute Gasteiger partial charge is 0.341 e. The number of carbonyl (C=O) groups is 3. The van der Waals surface area contributed by atoms with Crippen molar-refractivity contribution in [3.8, 4) is 0 Å². The zero-order valence-electron chi connectivity index (χ0n) is 12.6. The van der Waals surface area contributed by atoms with Crippen LogP contribution < -0.4 is 5.32 Å². The summed E-state index contributed by atoms with van der Waals surface area (Å²) in [5.74, 6) is 0.433. The highest BCUT2D eigenvalue weighted by molar-refractivity contribution is 6.08. The summed E-state index contributed by atoms with van der Waals surface area (Å²) < 4.78 is 0. The van der Waals surface area contributed by atoms with Crippen LogP contribution in [0.5, 0.6) is 0 Å². The monoisotopic (exact) mass is 281 g/mol. The van der Waals surface area contributed by atoms with Gasteiger partial charge in [0.25, 0.3) is 5.91 Å². The molecule has 4 amide bonds. The molecule has 0 aliphatic carbocycles. The van der Waals surface area contributed by atoms with E-state index in [9.17, 15) is 14.4 Å². The fourth-order valence-corrected chi connectivity index (χ4v) is 3.06. The van der Waals surface area contributed by atoms with Crippen molar-refractivity contribution in [2.45, 2.75) is 39.7 Å². The van der Waals surface area contributed by atoms with Crippen LogP contribution in [-0.4, -0.2) is 52.8 Å². The maximum absolute atomic E-state index is 12.3. The van der Waals surface area contributed by atoms with Gasteiger partial charge in [-0.3, -0.25) is 14.5 Å². The predicted octanol–water partition coefficient (Wildman–Crippen LogP) is 0.821. The quantitative estimate of drug-likeness (QED) is 0.762. The van der Waals surface area contributed by atoms with Crippen LogP contribution in [0.25, 0.3) is 0 Å². The molecule has 2 aliphatic rings. The van der Waals surface area contributed by atoms with Gasteiger partial charge in [-0.05, 0) is 32.1 Å². The van der Waals surface area contributed by atoms with E-state index in [1.54, 1.807) is 18.7 Å². The van der Waals surface area contributed by atoms with E-state index in [2.05, 4.69) is 19.2 Å². The Morgan fingerprint density at radius 2 is 1.80 bits per heavy atom. The van der Waals surface area contributed by atoms with E-state index in [4.69, 9.17) is 0 Å². The van der Waals surface area contributed by atoms with Gasteiger partial charge in [-0.2, -0.15) is 0 Å². The standard InChI is InChI=1S/C14H23N3O3/c1-9-5-10(2)7-16(6-9)11(18)8-17-12(19)14(3,4)15-13(17)20/h9-10H,5-8H2,1-4H3,(H,15,20)/t9-,10-/m0/s1. The van der Waals surface area contributed by atoms with Crippen molar-refractivity contribution < 1.29 is 14.4 Å². The SMILES string of the molecule is C[C@H]1C[C@H](C)CN(C(=O)CN2C(=O)NC(C)(C)C2=O)C1. The molecule has 0 radical (unpaired) electrons. The lowest BCUT2D eigenvalue weighted by Gasteiger charge is -2.35. The molecule has 1 N–H and O–H groups in total. The molecule has 2 saturated heterocycles. The van der Waals surface area contributed by atoms with Crippen LogP contribution in [0.15, 0.2) is 0 Å². The van der Waals surface area contributed by atoms with Gasteiger partial charge >= 0.3 is 6.03 Å². The van der Waals surface area contributed by atoms with Crippen molar-refractivity contribution in [3.05, 3.63) is 0 Å². The normalized spacial score (nSPS) is 29.6. The number of hydrogen-bond donors (Lipinski definition) is 1. The highest BCUT2D eigenvalue weighted by atomic mass is 16.2. The molecule has 112 valence electrons. The van der Waals surface area contributed by atoms with Gasteiger partial charge in [0.05, 0.1) is 0 Å². The molecular formula is C14H23N3O3. The van der Waals surface area contributed by atoms with Gasteiger partial charge < -0.3 is 10.2 Å². The molecule has 6 heteroatoms. The highest BCUT2D eigenvalue weighted by Gasteiger charge is 2.45. The number of nitrogens with one attached hydrogen (secondary N) is 1. The van der Waals surface area contributed by atoms with E-state index >= 15 is 0 Å². The number of carbonyl (C=O) groups excluding carboxylic acids is 3. The number of piperidine rings is 1. The Labute approximate surface area is 119 Å². The van der Waals surface area contributed by atoms with Crippen molar-refractivity contribution >= 4 is 17.8 Å². The molecule has 6 nitrogen and oxygen atoms in total. The minimum Gasteiger partial charge on any atom is -0.341 e. The van der Waals surface area contributed by atoms with Crippen molar-refractivity contribution in [2.24, 2.45) is 11.8 Å². The van der Waals surface area contributed by atoms with E-state index in [1.807, 2.05) is 0 Å². The number of likely N-dealkylation sites (tertiary alicyclic amines) is 1. The van der Waals surface area contributed by atoms with Crippen LogP contribution in [0, 0.1) is 11.8 Å². The summed E-state index contributed by atoms with van der Waals surface area (Å²) in [6, 6.07) is -0.480. The second-order valence-electron chi connectivity index (χ2n) is 6.69. The van der Waals surface area contributed by atoms with Gasteiger partial charge in [0.2, 0.25) is 5.91 Å². The van der Waals surface area contributed by atoms with E-state index in [-0.39, 0.29) is 18.4 Å². The number of nitrogens with zero attached hydrogens (tertiary/aromatic N) is 2. The Balaban J connectivity index is 2.01. The topological polar surface area (TPSA) is 69.7 Å². The van der Waals surface area contributed by atoms with Crippen LogP contribution in [0.2, 0.25) is 0 Å². The molecular weight excluding hydrogens is 258 g/mol. The number of imide groups is 1.